The molecule has 0 bridgehead atoms. The summed E-state index contributed by atoms with van der Waals surface area (Å²) < 4.78 is 0. The molecule has 19 heavy (non-hydrogen) atoms. The zero-order valence-corrected chi connectivity index (χ0v) is 11.6. The molecule has 2 N–H and O–H groups in total. The van der Waals surface area contributed by atoms with Gasteiger partial charge in [-0.3, -0.25) is 4.79 Å². The van der Waals surface area contributed by atoms with Gasteiger partial charge in [-0.15, -0.1) is 11.8 Å². The Labute approximate surface area is 116 Å². The van der Waals surface area contributed by atoms with E-state index in [0.29, 0.717) is 11.3 Å². The average Bonchev–Trinajstić information content (AvgIpc) is 2.43. The number of phenolic OH excluding ortho intramolecular Hbond substituents is 1. The maximum atomic E-state index is 12.0. The molecule has 0 aliphatic heterocycles. The molecule has 0 aliphatic carbocycles. The number of nitrogens with one attached hydrogen (secondary N) is 1. The standard InChI is InChI=1S/C15H15NO2S/c1-10-9-12(5-8-14(10)17)16-15(18)11-3-6-13(19-2)7-4-11/h3-9,17H,1-2H3,(H,16,18). The Morgan fingerprint density at radius 1 is 1.16 bits per heavy atom. The fourth-order valence-corrected chi connectivity index (χ4v) is 2.09. The third-order valence-corrected chi connectivity index (χ3v) is 3.55. The van der Waals surface area contributed by atoms with Gasteiger partial charge < -0.3 is 10.4 Å². The molecule has 4 heteroatoms. The molecule has 98 valence electrons. The zero-order chi connectivity index (χ0) is 13.8. The first kappa shape index (κ1) is 13.5. The van der Waals surface area contributed by atoms with Gasteiger partial charge in [-0.2, -0.15) is 0 Å². The van der Waals surface area contributed by atoms with Crippen LogP contribution in [0.25, 0.3) is 0 Å². The predicted molar refractivity (Wildman–Crippen MR) is 79.0 cm³/mol. The number of benzene rings is 2. The van der Waals surface area contributed by atoms with Crippen molar-refractivity contribution in [3.63, 3.8) is 0 Å². The second-order valence-electron chi connectivity index (χ2n) is 4.18. The van der Waals surface area contributed by atoms with Crippen molar-refractivity contribution in [2.45, 2.75) is 11.8 Å². The molecule has 0 saturated heterocycles. The summed E-state index contributed by atoms with van der Waals surface area (Å²) in [6, 6.07) is 12.4. The van der Waals surface area contributed by atoms with Gasteiger partial charge in [0.1, 0.15) is 5.75 Å². The van der Waals surface area contributed by atoms with Gasteiger partial charge in [-0.05, 0) is 61.2 Å². The first-order valence-electron chi connectivity index (χ1n) is 5.85. The van der Waals surface area contributed by atoms with E-state index in [1.165, 1.54) is 0 Å². The normalized spacial score (nSPS) is 10.2. The van der Waals surface area contributed by atoms with Gasteiger partial charge in [0.15, 0.2) is 0 Å². The highest BCUT2D eigenvalue weighted by Crippen LogP contribution is 2.21. The number of aryl methyl sites for hydroxylation is 1. The van der Waals surface area contributed by atoms with E-state index in [1.807, 2.05) is 18.4 Å². The molecule has 0 heterocycles. The van der Waals surface area contributed by atoms with E-state index in [1.54, 1.807) is 49.0 Å². The van der Waals surface area contributed by atoms with Crippen LogP contribution in [0.5, 0.6) is 5.75 Å². The van der Waals surface area contributed by atoms with Crippen molar-refractivity contribution in [1.82, 2.24) is 0 Å². The number of rotatable bonds is 3. The van der Waals surface area contributed by atoms with Crippen LogP contribution in [0.3, 0.4) is 0 Å². The smallest absolute Gasteiger partial charge is 0.255 e. The number of hydrogen-bond donors (Lipinski definition) is 2. The highest BCUT2D eigenvalue weighted by Gasteiger charge is 2.06. The number of carbonyl (C=O) groups excluding carboxylic acids is 1. The van der Waals surface area contributed by atoms with Gasteiger partial charge >= 0.3 is 0 Å². The topological polar surface area (TPSA) is 49.3 Å². The molecular formula is C15H15NO2S. The Hall–Kier alpha value is -1.94. The molecule has 0 atom stereocenters. The maximum absolute atomic E-state index is 12.0. The lowest BCUT2D eigenvalue weighted by Crippen LogP contribution is -2.11. The molecule has 0 unspecified atom stereocenters. The van der Waals surface area contributed by atoms with Gasteiger partial charge in [-0.25, -0.2) is 0 Å². The monoisotopic (exact) mass is 273 g/mol. The van der Waals surface area contributed by atoms with Crippen molar-refractivity contribution < 1.29 is 9.90 Å². The van der Waals surface area contributed by atoms with Gasteiger partial charge in [0, 0.05) is 16.1 Å². The van der Waals surface area contributed by atoms with Gasteiger partial charge in [0.2, 0.25) is 0 Å². The molecule has 0 spiro atoms. The fraction of sp³-hybridized carbons (Fsp3) is 0.133. The SMILES string of the molecule is CSc1ccc(C(=O)Nc2ccc(O)c(C)c2)cc1. The van der Waals surface area contributed by atoms with E-state index < -0.39 is 0 Å². The summed E-state index contributed by atoms with van der Waals surface area (Å²) in [6.07, 6.45) is 1.99. The van der Waals surface area contributed by atoms with E-state index in [-0.39, 0.29) is 11.7 Å². The van der Waals surface area contributed by atoms with Gasteiger partial charge in [-0.1, -0.05) is 0 Å². The molecule has 0 radical (unpaired) electrons. The van der Waals surface area contributed by atoms with Crippen LogP contribution in [0, 0.1) is 6.92 Å². The number of aromatic hydroxyl groups is 1. The number of amides is 1. The predicted octanol–water partition coefficient (Wildman–Crippen LogP) is 3.67. The van der Waals surface area contributed by atoms with Gasteiger partial charge in [0.05, 0.1) is 0 Å². The molecule has 0 aromatic heterocycles. The summed E-state index contributed by atoms with van der Waals surface area (Å²) in [4.78, 5) is 13.2. The Kier molecular flexibility index (Phi) is 4.12. The molecule has 0 fully saturated rings. The lowest BCUT2D eigenvalue weighted by atomic mass is 10.1. The minimum absolute atomic E-state index is 0.155. The summed E-state index contributed by atoms with van der Waals surface area (Å²) >= 11 is 1.64. The molecule has 0 saturated carbocycles. The summed E-state index contributed by atoms with van der Waals surface area (Å²) in [5.41, 5.74) is 2.02. The number of carbonyl (C=O) groups is 1. The highest BCUT2D eigenvalue weighted by molar-refractivity contribution is 7.98. The zero-order valence-electron chi connectivity index (χ0n) is 10.8. The minimum atomic E-state index is -0.155. The molecule has 3 nitrogen and oxygen atoms in total. The van der Waals surface area contributed by atoms with Crippen molar-refractivity contribution in [2.24, 2.45) is 0 Å². The molecule has 2 rings (SSSR count). The van der Waals surface area contributed by atoms with Crippen LogP contribution >= 0.6 is 11.8 Å². The average molecular weight is 273 g/mol. The molecule has 2 aromatic carbocycles. The van der Waals surface area contributed by atoms with E-state index in [4.69, 9.17) is 0 Å². The third-order valence-electron chi connectivity index (χ3n) is 2.81. The van der Waals surface area contributed by atoms with Crippen molar-refractivity contribution >= 4 is 23.4 Å². The van der Waals surface area contributed by atoms with Crippen LogP contribution in [-0.2, 0) is 0 Å². The molecule has 2 aromatic rings. The highest BCUT2D eigenvalue weighted by atomic mass is 32.2. The Bertz CT molecular complexity index is 594. The number of anilines is 1. The summed E-state index contributed by atoms with van der Waals surface area (Å²) in [7, 11) is 0. The van der Waals surface area contributed by atoms with Crippen LogP contribution in [0.4, 0.5) is 5.69 Å². The Morgan fingerprint density at radius 2 is 1.84 bits per heavy atom. The number of phenols is 1. The van der Waals surface area contributed by atoms with E-state index in [9.17, 15) is 9.90 Å². The van der Waals surface area contributed by atoms with Crippen molar-refractivity contribution in [2.75, 3.05) is 11.6 Å². The van der Waals surface area contributed by atoms with Crippen LogP contribution < -0.4 is 5.32 Å². The second-order valence-corrected chi connectivity index (χ2v) is 5.06. The second kappa shape index (κ2) is 5.80. The van der Waals surface area contributed by atoms with Crippen LogP contribution in [-0.4, -0.2) is 17.3 Å². The Morgan fingerprint density at radius 3 is 2.42 bits per heavy atom. The molecular weight excluding hydrogens is 258 g/mol. The number of hydrogen-bond acceptors (Lipinski definition) is 3. The van der Waals surface area contributed by atoms with Crippen molar-refractivity contribution in [1.29, 1.82) is 0 Å². The lowest BCUT2D eigenvalue weighted by Gasteiger charge is -2.07. The van der Waals surface area contributed by atoms with Crippen molar-refractivity contribution in [3.05, 3.63) is 53.6 Å². The number of thioether (sulfide) groups is 1. The summed E-state index contributed by atoms with van der Waals surface area (Å²) in [6.45, 7) is 1.79. The quantitative estimate of drug-likeness (QED) is 0.662. The van der Waals surface area contributed by atoms with Crippen LogP contribution in [0.1, 0.15) is 15.9 Å². The van der Waals surface area contributed by atoms with Crippen molar-refractivity contribution in [3.8, 4) is 5.75 Å². The van der Waals surface area contributed by atoms with Gasteiger partial charge in [0.25, 0.3) is 5.91 Å². The largest absolute Gasteiger partial charge is 0.508 e. The molecule has 1 amide bonds. The Balaban J connectivity index is 2.13. The maximum Gasteiger partial charge on any atom is 0.255 e. The first-order chi connectivity index (χ1) is 9.10. The summed E-state index contributed by atoms with van der Waals surface area (Å²) in [5, 5.41) is 12.2. The van der Waals surface area contributed by atoms with E-state index in [2.05, 4.69) is 5.32 Å². The lowest BCUT2D eigenvalue weighted by molar-refractivity contribution is 0.102. The third kappa shape index (κ3) is 3.29. The van der Waals surface area contributed by atoms with E-state index in [0.717, 1.165) is 10.5 Å². The van der Waals surface area contributed by atoms with Crippen LogP contribution in [0.2, 0.25) is 0 Å². The van der Waals surface area contributed by atoms with E-state index >= 15 is 0 Å². The summed E-state index contributed by atoms with van der Waals surface area (Å²) in [5.74, 6) is 0.0695. The first-order valence-corrected chi connectivity index (χ1v) is 7.07. The van der Waals surface area contributed by atoms with Crippen LogP contribution in [0.15, 0.2) is 47.4 Å². The minimum Gasteiger partial charge on any atom is -0.508 e. The molecule has 0 aliphatic rings. The fourth-order valence-electron chi connectivity index (χ4n) is 1.68.